The van der Waals surface area contributed by atoms with Crippen LogP contribution in [0.15, 0.2) is 18.5 Å². The topological polar surface area (TPSA) is 17.8 Å². The molecule has 0 aliphatic heterocycles. The van der Waals surface area contributed by atoms with E-state index in [1.54, 1.807) is 30.9 Å². The molecule has 0 saturated heterocycles. The van der Waals surface area contributed by atoms with Crippen LogP contribution in [0.1, 0.15) is 19.4 Å². The predicted molar refractivity (Wildman–Crippen MR) is 56.8 cm³/mol. The highest BCUT2D eigenvalue weighted by Gasteiger charge is 2.07. The van der Waals surface area contributed by atoms with Crippen molar-refractivity contribution in [3.05, 3.63) is 29.8 Å². The van der Waals surface area contributed by atoms with Gasteiger partial charge in [0.1, 0.15) is 5.52 Å². The number of nitrogens with zero attached hydrogens (tertiary/aromatic N) is 2. The fourth-order valence-electron chi connectivity index (χ4n) is 1.30. The van der Waals surface area contributed by atoms with Crippen LogP contribution >= 0.6 is 0 Å². The van der Waals surface area contributed by atoms with Crippen LogP contribution < -0.4 is 0 Å². The van der Waals surface area contributed by atoms with E-state index in [0.717, 1.165) is 0 Å². The molecule has 76 valence electrons. The second-order valence-corrected chi connectivity index (χ2v) is 2.92. The Bertz CT molecular complexity index is 432. The highest BCUT2D eigenvalue weighted by molar-refractivity contribution is 5.76. The largest absolute Gasteiger partial charge is 0.331 e. The number of imidazole rings is 1. The first-order valence-corrected chi connectivity index (χ1v) is 4.76. The number of aryl methyl sites for hydroxylation is 2. The van der Waals surface area contributed by atoms with Crippen LogP contribution in [0, 0.1) is 12.7 Å². The van der Waals surface area contributed by atoms with Gasteiger partial charge < -0.3 is 4.57 Å². The van der Waals surface area contributed by atoms with Crippen LogP contribution in [0.3, 0.4) is 0 Å². The summed E-state index contributed by atoms with van der Waals surface area (Å²) in [4.78, 5) is 4.04. The maximum atomic E-state index is 13.4. The molecule has 0 unspecified atom stereocenters. The van der Waals surface area contributed by atoms with E-state index in [1.807, 2.05) is 19.9 Å². The molecule has 1 aromatic heterocycles. The van der Waals surface area contributed by atoms with Gasteiger partial charge in [0.25, 0.3) is 0 Å². The summed E-state index contributed by atoms with van der Waals surface area (Å²) in [7, 11) is 1.79. The Kier molecular flexibility index (Phi) is 3.23. The maximum Gasteiger partial charge on any atom is 0.151 e. The quantitative estimate of drug-likeness (QED) is 0.630. The molecule has 0 aliphatic rings. The zero-order valence-electron chi connectivity index (χ0n) is 9.00. The molecule has 0 atom stereocenters. The van der Waals surface area contributed by atoms with Crippen molar-refractivity contribution in [2.24, 2.45) is 7.05 Å². The van der Waals surface area contributed by atoms with Crippen LogP contribution in [-0.2, 0) is 7.05 Å². The summed E-state index contributed by atoms with van der Waals surface area (Å²) in [5.41, 5.74) is 1.95. The molecule has 1 heterocycles. The maximum absolute atomic E-state index is 13.4. The van der Waals surface area contributed by atoms with Gasteiger partial charge in [-0.15, -0.1) is 0 Å². The highest BCUT2D eigenvalue weighted by Crippen LogP contribution is 2.18. The van der Waals surface area contributed by atoms with Crippen molar-refractivity contribution in [3.63, 3.8) is 0 Å². The van der Waals surface area contributed by atoms with Gasteiger partial charge in [-0.1, -0.05) is 19.9 Å². The third-order valence-corrected chi connectivity index (χ3v) is 2.01. The molecule has 0 bridgehead atoms. The average molecular weight is 194 g/mol. The van der Waals surface area contributed by atoms with E-state index in [0.29, 0.717) is 16.6 Å². The van der Waals surface area contributed by atoms with Crippen molar-refractivity contribution in [3.8, 4) is 0 Å². The summed E-state index contributed by atoms with van der Waals surface area (Å²) >= 11 is 0. The average Bonchev–Trinajstić information content (AvgIpc) is 2.58. The smallest absolute Gasteiger partial charge is 0.151 e. The summed E-state index contributed by atoms with van der Waals surface area (Å²) < 4.78 is 15.1. The van der Waals surface area contributed by atoms with Crippen LogP contribution in [0.4, 0.5) is 4.39 Å². The molecule has 0 N–H and O–H groups in total. The molecular formula is C11H15FN2. The van der Waals surface area contributed by atoms with E-state index in [1.165, 1.54) is 0 Å². The Labute approximate surface area is 83.4 Å². The van der Waals surface area contributed by atoms with E-state index in [9.17, 15) is 4.39 Å². The molecule has 2 nitrogen and oxygen atoms in total. The van der Waals surface area contributed by atoms with Crippen molar-refractivity contribution in [1.29, 1.82) is 0 Å². The second-order valence-electron chi connectivity index (χ2n) is 2.92. The Morgan fingerprint density at radius 2 is 1.93 bits per heavy atom. The van der Waals surface area contributed by atoms with E-state index >= 15 is 0 Å². The lowest BCUT2D eigenvalue weighted by atomic mass is 10.2. The highest BCUT2D eigenvalue weighted by atomic mass is 19.1. The summed E-state index contributed by atoms with van der Waals surface area (Å²) in [6.45, 7) is 5.75. The lowest BCUT2D eigenvalue weighted by Crippen LogP contribution is -1.90. The Morgan fingerprint density at radius 1 is 1.29 bits per heavy atom. The molecule has 2 aromatic rings. The van der Waals surface area contributed by atoms with Gasteiger partial charge in [-0.2, -0.15) is 0 Å². The van der Waals surface area contributed by atoms with E-state index in [2.05, 4.69) is 4.98 Å². The minimum absolute atomic E-state index is 0.174. The van der Waals surface area contributed by atoms with Gasteiger partial charge in [0.2, 0.25) is 0 Å². The summed E-state index contributed by atoms with van der Waals surface area (Å²) in [5.74, 6) is -0.174. The molecule has 0 radical (unpaired) electrons. The number of rotatable bonds is 0. The fraction of sp³-hybridized carbons (Fsp3) is 0.364. The van der Waals surface area contributed by atoms with Crippen molar-refractivity contribution in [1.82, 2.24) is 9.55 Å². The molecule has 0 aliphatic carbocycles. The van der Waals surface area contributed by atoms with Gasteiger partial charge in [-0.05, 0) is 18.6 Å². The number of aromatic nitrogens is 2. The molecule has 1 aromatic carbocycles. The molecule has 3 heteroatoms. The van der Waals surface area contributed by atoms with Gasteiger partial charge in [0.05, 0.1) is 11.8 Å². The molecule has 14 heavy (non-hydrogen) atoms. The predicted octanol–water partition coefficient (Wildman–Crippen LogP) is 3.05. The number of benzene rings is 1. The van der Waals surface area contributed by atoms with Gasteiger partial charge in [-0.25, -0.2) is 9.37 Å². The zero-order chi connectivity index (χ0) is 10.7. The van der Waals surface area contributed by atoms with Crippen LogP contribution in [0.5, 0.6) is 0 Å². The van der Waals surface area contributed by atoms with Crippen molar-refractivity contribution in [2.45, 2.75) is 20.8 Å². The van der Waals surface area contributed by atoms with Crippen molar-refractivity contribution >= 4 is 11.0 Å². The fourth-order valence-corrected chi connectivity index (χ4v) is 1.30. The lowest BCUT2D eigenvalue weighted by molar-refractivity contribution is 0.623. The monoisotopic (exact) mass is 194 g/mol. The summed E-state index contributed by atoms with van der Waals surface area (Å²) in [6, 6.07) is 3.57. The number of fused-ring (bicyclic) bond motifs is 1. The Hall–Kier alpha value is -1.38. The minimum Gasteiger partial charge on any atom is -0.331 e. The zero-order valence-corrected chi connectivity index (χ0v) is 9.00. The normalized spacial score (nSPS) is 9.79. The Balaban J connectivity index is 0.000000461. The van der Waals surface area contributed by atoms with E-state index in [-0.39, 0.29) is 5.82 Å². The summed E-state index contributed by atoms with van der Waals surface area (Å²) in [6.07, 6.45) is 1.62. The lowest BCUT2D eigenvalue weighted by Gasteiger charge is -1.98. The number of hydrogen-bond donors (Lipinski definition) is 0. The molecule has 0 saturated carbocycles. The van der Waals surface area contributed by atoms with Crippen molar-refractivity contribution in [2.75, 3.05) is 0 Å². The van der Waals surface area contributed by atoms with Gasteiger partial charge in [-0.3, -0.25) is 0 Å². The SMILES string of the molecule is CC.Cc1ccc2ncn(C)c2c1F. The van der Waals surface area contributed by atoms with E-state index in [4.69, 9.17) is 0 Å². The number of hydrogen-bond acceptors (Lipinski definition) is 1. The van der Waals surface area contributed by atoms with Crippen LogP contribution in [0.2, 0.25) is 0 Å². The minimum atomic E-state index is -0.174. The summed E-state index contributed by atoms with van der Waals surface area (Å²) in [5, 5.41) is 0. The first-order chi connectivity index (χ1) is 6.70. The molecule has 0 spiro atoms. The van der Waals surface area contributed by atoms with Crippen LogP contribution in [-0.4, -0.2) is 9.55 Å². The van der Waals surface area contributed by atoms with Crippen LogP contribution in [0.25, 0.3) is 11.0 Å². The molecule has 0 fully saturated rings. The number of halogens is 1. The second kappa shape index (κ2) is 4.22. The van der Waals surface area contributed by atoms with Gasteiger partial charge in [0.15, 0.2) is 5.82 Å². The van der Waals surface area contributed by atoms with Gasteiger partial charge in [0, 0.05) is 7.05 Å². The van der Waals surface area contributed by atoms with E-state index < -0.39 is 0 Å². The first kappa shape index (κ1) is 10.7. The molecule has 2 rings (SSSR count). The van der Waals surface area contributed by atoms with Crippen molar-refractivity contribution < 1.29 is 4.39 Å². The standard InChI is InChI=1S/C9H9FN2.C2H6/c1-6-3-4-7-9(8(6)10)12(2)5-11-7;1-2/h3-5H,1-2H3;1-2H3. The first-order valence-electron chi connectivity index (χ1n) is 4.76. The Morgan fingerprint density at radius 3 is 2.57 bits per heavy atom. The molecular weight excluding hydrogens is 179 g/mol. The van der Waals surface area contributed by atoms with Gasteiger partial charge >= 0.3 is 0 Å². The third-order valence-electron chi connectivity index (χ3n) is 2.01. The third kappa shape index (κ3) is 1.62. The molecule has 0 amide bonds.